The summed E-state index contributed by atoms with van der Waals surface area (Å²) in [5.41, 5.74) is 2.25. The van der Waals surface area contributed by atoms with E-state index in [1.807, 2.05) is 0 Å². The van der Waals surface area contributed by atoms with Crippen molar-refractivity contribution in [2.45, 2.75) is 46.1 Å². The van der Waals surface area contributed by atoms with Gasteiger partial charge in [0.1, 0.15) is 5.75 Å². The number of hydrogen-bond donors (Lipinski definition) is 2. The number of sulfonamides is 1. The normalized spacial score (nSPS) is 16.3. The molecule has 7 nitrogen and oxygen atoms in total. The van der Waals surface area contributed by atoms with Crippen molar-refractivity contribution in [1.29, 1.82) is 0 Å². The van der Waals surface area contributed by atoms with Crippen molar-refractivity contribution in [3.63, 3.8) is 0 Å². The lowest BCUT2D eigenvalue weighted by atomic mass is 10.1. The van der Waals surface area contributed by atoms with E-state index in [0.717, 1.165) is 24.3 Å². The molecule has 0 radical (unpaired) electrons. The van der Waals surface area contributed by atoms with Crippen molar-refractivity contribution in [1.82, 2.24) is 14.9 Å². The minimum atomic E-state index is -3.05. The third kappa shape index (κ3) is 8.67. The maximum Gasteiger partial charge on any atom is 0.214 e. The molecule has 166 valence electrons. The first-order chi connectivity index (χ1) is 13.5. The Hall–Kier alpha value is -1.07. The minimum absolute atomic E-state index is 0. The average Bonchev–Trinajstić information content (AvgIpc) is 3.01. The lowest BCUT2D eigenvalue weighted by Gasteiger charge is -2.17. The lowest BCUT2D eigenvalue weighted by molar-refractivity contribution is 0.303. The van der Waals surface area contributed by atoms with Crippen molar-refractivity contribution < 1.29 is 13.2 Å². The molecule has 1 heterocycles. The van der Waals surface area contributed by atoms with Gasteiger partial charge < -0.3 is 15.4 Å². The summed E-state index contributed by atoms with van der Waals surface area (Å²) in [6.07, 6.45) is 4.11. The summed E-state index contributed by atoms with van der Waals surface area (Å²) in [6, 6.07) is 6.21. The Bertz CT molecular complexity index is 756. The van der Waals surface area contributed by atoms with Crippen LogP contribution in [-0.2, 0) is 16.6 Å². The topological polar surface area (TPSA) is 83.0 Å². The van der Waals surface area contributed by atoms with Crippen molar-refractivity contribution >= 4 is 40.0 Å². The lowest BCUT2D eigenvalue weighted by Crippen LogP contribution is -2.41. The molecule has 0 aliphatic carbocycles. The van der Waals surface area contributed by atoms with Crippen molar-refractivity contribution in [2.24, 2.45) is 4.99 Å². The Morgan fingerprint density at radius 2 is 2.07 bits per heavy atom. The molecular formula is C20H35IN4O3S. The van der Waals surface area contributed by atoms with Crippen LogP contribution < -0.4 is 15.4 Å². The number of unbranched alkanes of at least 4 members (excludes halogenated alkanes) is 2. The average molecular weight is 538 g/mol. The van der Waals surface area contributed by atoms with E-state index in [4.69, 9.17) is 4.74 Å². The Kier molecular flexibility index (Phi) is 11.9. The summed E-state index contributed by atoms with van der Waals surface area (Å²) in [6.45, 7) is 7.14. The van der Waals surface area contributed by atoms with E-state index in [9.17, 15) is 8.42 Å². The standard InChI is InChI=1S/C20H34N4O3S.HI/c1-4-5-6-13-27-19-15-17(2)8-9-18(19)16-23-20(21-3)22-10-12-24-11-7-14-28(24,25)26;/h8-9,15H,4-7,10-14,16H2,1-3H3,(H2,21,22,23);1H. The highest BCUT2D eigenvalue weighted by molar-refractivity contribution is 14.0. The summed E-state index contributed by atoms with van der Waals surface area (Å²) >= 11 is 0. The highest BCUT2D eigenvalue weighted by atomic mass is 127. The summed E-state index contributed by atoms with van der Waals surface area (Å²) in [4.78, 5) is 4.22. The molecule has 1 aliphatic heterocycles. The van der Waals surface area contributed by atoms with E-state index in [0.29, 0.717) is 38.6 Å². The van der Waals surface area contributed by atoms with E-state index < -0.39 is 10.0 Å². The second-order valence-electron chi connectivity index (χ2n) is 7.09. The highest BCUT2D eigenvalue weighted by Crippen LogP contribution is 2.20. The number of aliphatic imine (C=N–C) groups is 1. The van der Waals surface area contributed by atoms with E-state index in [1.165, 1.54) is 22.7 Å². The maximum atomic E-state index is 11.8. The molecule has 0 amide bonds. The molecule has 0 saturated carbocycles. The molecule has 2 rings (SSSR count). The van der Waals surface area contributed by atoms with Crippen LogP contribution >= 0.6 is 24.0 Å². The molecule has 1 fully saturated rings. The number of hydrogen-bond acceptors (Lipinski definition) is 4. The van der Waals surface area contributed by atoms with E-state index in [-0.39, 0.29) is 29.7 Å². The smallest absolute Gasteiger partial charge is 0.214 e. The number of halogens is 1. The number of nitrogens with one attached hydrogen (secondary N) is 2. The molecular weight excluding hydrogens is 503 g/mol. The molecule has 0 aromatic heterocycles. The van der Waals surface area contributed by atoms with E-state index in [2.05, 4.69) is 47.7 Å². The SMILES string of the molecule is CCCCCOc1cc(C)ccc1CNC(=NC)NCCN1CCCS1(=O)=O.I. The van der Waals surface area contributed by atoms with Gasteiger partial charge in [-0.05, 0) is 31.4 Å². The van der Waals surface area contributed by atoms with Crippen LogP contribution in [0, 0.1) is 6.92 Å². The second kappa shape index (κ2) is 13.3. The van der Waals surface area contributed by atoms with Gasteiger partial charge in [0.15, 0.2) is 5.96 Å². The van der Waals surface area contributed by atoms with Crippen molar-refractivity contribution in [2.75, 3.05) is 39.0 Å². The number of nitrogens with zero attached hydrogens (tertiary/aromatic N) is 2. The summed E-state index contributed by atoms with van der Waals surface area (Å²) < 4.78 is 31.2. The Morgan fingerprint density at radius 1 is 1.28 bits per heavy atom. The number of guanidine groups is 1. The first-order valence-corrected chi connectivity index (χ1v) is 11.7. The predicted octanol–water partition coefficient (Wildman–Crippen LogP) is 2.88. The number of aryl methyl sites for hydroxylation is 1. The third-order valence-electron chi connectivity index (χ3n) is 4.75. The van der Waals surface area contributed by atoms with Gasteiger partial charge in [0.2, 0.25) is 10.0 Å². The summed E-state index contributed by atoms with van der Waals surface area (Å²) in [7, 11) is -1.35. The second-order valence-corrected chi connectivity index (χ2v) is 9.18. The van der Waals surface area contributed by atoms with E-state index in [1.54, 1.807) is 7.05 Å². The van der Waals surface area contributed by atoms with Gasteiger partial charge in [0, 0.05) is 38.8 Å². The number of rotatable bonds is 10. The van der Waals surface area contributed by atoms with Gasteiger partial charge in [-0.1, -0.05) is 31.9 Å². The fourth-order valence-electron chi connectivity index (χ4n) is 3.12. The molecule has 29 heavy (non-hydrogen) atoms. The molecule has 1 aliphatic rings. The molecule has 0 atom stereocenters. The zero-order valence-electron chi connectivity index (χ0n) is 17.7. The monoisotopic (exact) mass is 538 g/mol. The zero-order valence-corrected chi connectivity index (χ0v) is 20.9. The molecule has 1 aromatic rings. The van der Waals surface area contributed by atoms with Crippen molar-refractivity contribution in [3.8, 4) is 5.75 Å². The van der Waals surface area contributed by atoms with Gasteiger partial charge in [-0.15, -0.1) is 24.0 Å². The Labute approximate surface area is 192 Å². The maximum absolute atomic E-state index is 11.8. The minimum Gasteiger partial charge on any atom is -0.493 e. The zero-order chi connectivity index (χ0) is 20.4. The first-order valence-electron chi connectivity index (χ1n) is 10.1. The number of benzene rings is 1. The van der Waals surface area contributed by atoms with Gasteiger partial charge in [0.05, 0.1) is 12.4 Å². The van der Waals surface area contributed by atoms with Crippen LogP contribution in [0.4, 0.5) is 0 Å². The first kappa shape index (κ1) is 26.0. The summed E-state index contributed by atoms with van der Waals surface area (Å²) in [5, 5.41) is 6.47. The van der Waals surface area contributed by atoms with Gasteiger partial charge >= 0.3 is 0 Å². The Balaban J connectivity index is 0.00000420. The molecule has 1 saturated heterocycles. The van der Waals surface area contributed by atoms with Gasteiger partial charge in [-0.25, -0.2) is 12.7 Å². The molecule has 0 spiro atoms. The van der Waals surface area contributed by atoms with E-state index >= 15 is 0 Å². The van der Waals surface area contributed by atoms with Crippen LogP contribution in [0.2, 0.25) is 0 Å². The molecule has 1 aromatic carbocycles. The number of ether oxygens (including phenoxy) is 1. The summed E-state index contributed by atoms with van der Waals surface area (Å²) in [5.74, 6) is 1.81. The quantitative estimate of drug-likeness (QED) is 0.207. The molecule has 9 heteroatoms. The fourth-order valence-corrected chi connectivity index (χ4v) is 4.65. The molecule has 0 unspecified atom stereocenters. The Morgan fingerprint density at radius 3 is 2.72 bits per heavy atom. The van der Waals surface area contributed by atoms with Gasteiger partial charge in [-0.2, -0.15) is 0 Å². The van der Waals surface area contributed by atoms with Crippen LogP contribution in [0.3, 0.4) is 0 Å². The highest BCUT2D eigenvalue weighted by Gasteiger charge is 2.27. The van der Waals surface area contributed by atoms with Gasteiger partial charge in [-0.3, -0.25) is 4.99 Å². The van der Waals surface area contributed by atoms with Crippen LogP contribution in [-0.4, -0.2) is 57.7 Å². The molecule has 2 N–H and O–H groups in total. The van der Waals surface area contributed by atoms with Crippen LogP contribution in [0.5, 0.6) is 5.75 Å². The third-order valence-corrected chi connectivity index (χ3v) is 6.71. The van der Waals surface area contributed by atoms with Crippen LogP contribution in [0.15, 0.2) is 23.2 Å². The van der Waals surface area contributed by atoms with Gasteiger partial charge in [0.25, 0.3) is 0 Å². The molecule has 0 bridgehead atoms. The van der Waals surface area contributed by atoms with Crippen molar-refractivity contribution in [3.05, 3.63) is 29.3 Å². The van der Waals surface area contributed by atoms with Crippen LogP contribution in [0.1, 0.15) is 43.7 Å². The predicted molar refractivity (Wildman–Crippen MR) is 130 cm³/mol. The van der Waals surface area contributed by atoms with Crippen LogP contribution in [0.25, 0.3) is 0 Å². The largest absolute Gasteiger partial charge is 0.493 e. The fraction of sp³-hybridized carbons (Fsp3) is 0.650.